The van der Waals surface area contributed by atoms with E-state index in [1.807, 2.05) is 36.4 Å². The maximum atomic E-state index is 14.0. The zero-order valence-corrected chi connectivity index (χ0v) is 31.0. The summed E-state index contributed by atoms with van der Waals surface area (Å²) in [4.78, 5) is 55.4. The summed E-state index contributed by atoms with van der Waals surface area (Å²) >= 11 is 0. The van der Waals surface area contributed by atoms with Crippen LogP contribution in [0.3, 0.4) is 0 Å². The molecule has 280 valence electrons. The van der Waals surface area contributed by atoms with Crippen molar-refractivity contribution < 1.29 is 28.5 Å². The summed E-state index contributed by atoms with van der Waals surface area (Å²) in [5, 5.41) is 8.75. The van der Waals surface area contributed by atoms with Gasteiger partial charge in [0.15, 0.2) is 34.6 Å². The van der Waals surface area contributed by atoms with Crippen LogP contribution >= 0.6 is 0 Å². The van der Waals surface area contributed by atoms with E-state index in [4.69, 9.17) is 18.9 Å². The number of rotatable bonds is 14. The van der Waals surface area contributed by atoms with Crippen LogP contribution in [0.4, 0.5) is 0 Å². The monoisotopic (exact) mass is 740 g/mol. The van der Waals surface area contributed by atoms with Crippen LogP contribution in [0.15, 0.2) is 82.4 Å². The third kappa shape index (κ3) is 5.76. The number of nitrogens with one attached hydrogen (secondary N) is 2. The highest BCUT2D eigenvalue weighted by molar-refractivity contribution is 6.27. The van der Waals surface area contributed by atoms with Crippen molar-refractivity contribution in [1.29, 1.82) is 0 Å². The van der Waals surface area contributed by atoms with E-state index in [-0.39, 0.29) is 22.7 Å². The lowest BCUT2D eigenvalue weighted by molar-refractivity contribution is 0.103. The van der Waals surface area contributed by atoms with Gasteiger partial charge in [-0.3, -0.25) is 19.2 Å². The lowest BCUT2D eigenvalue weighted by Gasteiger charge is -2.17. The molecule has 2 aliphatic rings. The molecule has 0 spiro atoms. The first-order chi connectivity index (χ1) is 26.8. The summed E-state index contributed by atoms with van der Waals surface area (Å²) in [6.45, 7) is 3.06. The molecular formula is C43H40N4O8. The first-order valence-corrected chi connectivity index (χ1v) is 18.2. The SMILES string of the molecule is COc1cc2c3c(n(CCNCCCNCCn4c5c(c6cc(OC)c(OC)cc6c4=O)C(=O)c4ccccc4-5)c(=O)c2cc1OC)-c1ccccc1C3=O. The lowest BCUT2D eigenvalue weighted by Crippen LogP contribution is -2.31. The van der Waals surface area contributed by atoms with Crippen LogP contribution in [-0.2, 0) is 13.1 Å². The predicted octanol–water partition coefficient (Wildman–Crippen LogP) is 5.04. The Morgan fingerprint density at radius 1 is 0.473 bits per heavy atom. The van der Waals surface area contributed by atoms with Crippen molar-refractivity contribution in [1.82, 2.24) is 19.8 Å². The highest BCUT2D eigenvalue weighted by atomic mass is 16.5. The second kappa shape index (κ2) is 14.5. The molecule has 0 fully saturated rings. The number of hydrogen-bond donors (Lipinski definition) is 2. The van der Waals surface area contributed by atoms with E-state index in [9.17, 15) is 19.2 Å². The minimum atomic E-state index is -0.208. The summed E-state index contributed by atoms with van der Waals surface area (Å²) in [5.41, 5.74) is 4.41. The van der Waals surface area contributed by atoms with Gasteiger partial charge >= 0.3 is 0 Å². The van der Waals surface area contributed by atoms with Gasteiger partial charge in [-0.05, 0) is 43.8 Å². The van der Waals surface area contributed by atoms with E-state index < -0.39 is 0 Å². The van der Waals surface area contributed by atoms with Gasteiger partial charge in [0.2, 0.25) is 0 Å². The number of nitrogens with zero attached hydrogens (tertiary/aromatic N) is 2. The summed E-state index contributed by atoms with van der Waals surface area (Å²) < 4.78 is 25.4. The van der Waals surface area contributed by atoms with Crippen molar-refractivity contribution in [2.45, 2.75) is 19.5 Å². The van der Waals surface area contributed by atoms with Gasteiger partial charge in [-0.15, -0.1) is 0 Å². The second-order valence-corrected chi connectivity index (χ2v) is 13.5. The Morgan fingerprint density at radius 3 is 1.18 bits per heavy atom. The van der Waals surface area contributed by atoms with Crippen LogP contribution in [0.5, 0.6) is 23.0 Å². The topological polar surface area (TPSA) is 139 Å². The van der Waals surface area contributed by atoms with Gasteiger partial charge in [0.05, 0.1) is 61.7 Å². The first-order valence-electron chi connectivity index (χ1n) is 18.2. The van der Waals surface area contributed by atoms with Crippen molar-refractivity contribution >= 4 is 33.1 Å². The molecule has 12 heteroatoms. The number of aromatic nitrogens is 2. The van der Waals surface area contributed by atoms with Gasteiger partial charge < -0.3 is 38.7 Å². The highest BCUT2D eigenvalue weighted by Crippen LogP contribution is 2.43. The Balaban J connectivity index is 0.955. The Labute approximate surface area is 316 Å². The number of pyridine rings is 2. The maximum absolute atomic E-state index is 14.0. The standard InChI is InChI=1S/C43H40N4O8/c1-52-32-20-28-30(22-34(32)54-3)42(50)46(38-24-10-5-7-12-26(24)40(48)36(28)38)18-16-44-14-9-15-45-17-19-47-39-25-11-6-8-13-27(25)41(49)37(39)29-21-33(53-2)35(55-4)23-31(29)43(47)51/h5-8,10-13,20-23,44-45H,9,14-19H2,1-4H3. The third-order valence-electron chi connectivity index (χ3n) is 10.6. The van der Waals surface area contributed by atoms with Crippen LogP contribution in [0.2, 0.25) is 0 Å². The molecule has 2 aliphatic carbocycles. The van der Waals surface area contributed by atoms with Crippen LogP contribution in [0.25, 0.3) is 44.1 Å². The van der Waals surface area contributed by atoms with Crippen molar-refractivity contribution in [3.05, 3.63) is 116 Å². The van der Waals surface area contributed by atoms with E-state index in [1.165, 1.54) is 28.4 Å². The summed E-state index contributed by atoms with van der Waals surface area (Å²) in [5.74, 6) is 1.49. The number of carbonyl (C=O) groups excluding carboxylic acids is 2. The van der Waals surface area contributed by atoms with Crippen LogP contribution < -0.4 is 40.7 Å². The number of carbonyl (C=O) groups is 2. The zero-order chi connectivity index (χ0) is 38.4. The Kier molecular flexibility index (Phi) is 9.45. The van der Waals surface area contributed by atoms with Crippen molar-refractivity contribution in [2.24, 2.45) is 0 Å². The van der Waals surface area contributed by atoms with Crippen LogP contribution in [0, 0.1) is 0 Å². The van der Waals surface area contributed by atoms with E-state index in [0.29, 0.717) is 117 Å². The van der Waals surface area contributed by atoms with Gasteiger partial charge in [0.25, 0.3) is 11.1 Å². The van der Waals surface area contributed by atoms with Gasteiger partial charge in [-0.25, -0.2) is 0 Å². The molecule has 0 radical (unpaired) electrons. The van der Waals surface area contributed by atoms with Gasteiger partial charge in [-0.2, -0.15) is 0 Å². The summed E-state index contributed by atoms with van der Waals surface area (Å²) in [6.07, 6.45) is 0.784. The molecule has 4 aromatic carbocycles. The molecule has 2 N–H and O–H groups in total. The quantitative estimate of drug-likeness (QED) is 0.146. The Bertz CT molecular complexity index is 2500. The molecule has 0 amide bonds. The number of hydrogen-bond acceptors (Lipinski definition) is 10. The van der Waals surface area contributed by atoms with E-state index in [2.05, 4.69) is 10.6 Å². The third-order valence-corrected chi connectivity index (χ3v) is 10.6. The van der Waals surface area contributed by atoms with Gasteiger partial charge in [-0.1, -0.05) is 48.5 Å². The fourth-order valence-corrected chi connectivity index (χ4v) is 8.01. The fourth-order valence-electron chi connectivity index (χ4n) is 8.01. The molecule has 0 saturated carbocycles. The smallest absolute Gasteiger partial charge is 0.259 e. The first kappa shape index (κ1) is 35.8. The molecular weight excluding hydrogens is 700 g/mol. The Hall–Kier alpha value is -6.24. The summed E-state index contributed by atoms with van der Waals surface area (Å²) in [7, 11) is 6.08. The largest absolute Gasteiger partial charge is 0.493 e. The number of ether oxygens (including phenoxy) is 4. The maximum Gasteiger partial charge on any atom is 0.259 e. The molecule has 0 bridgehead atoms. The Morgan fingerprint density at radius 2 is 0.818 bits per heavy atom. The van der Waals surface area contributed by atoms with Gasteiger partial charge in [0, 0.05) is 59.2 Å². The van der Waals surface area contributed by atoms with Gasteiger partial charge in [0.1, 0.15) is 0 Å². The molecule has 55 heavy (non-hydrogen) atoms. The zero-order valence-electron chi connectivity index (χ0n) is 31.0. The average molecular weight is 741 g/mol. The number of fused-ring (bicyclic) bond motifs is 10. The lowest BCUT2D eigenvalue weighted by atomic mass is 10.0. The number of methoxy groups -OCH3 is 4. The van der Waals surface area contributed by atoms with Crippen molar-refractivity contribution in [3.8, 4) is 45.5 Å². The summed E-state index contributed by atoms with van der Waals surface area (Å²) in [6, 6.07) is 21.5. The minimum Gasteiger partial charge on any atom is -0.493 e. The molecule has 0 atom stereocenters. The van der Waals surface area contributed by atoms with Crippen LogP contribution in [-0.4, -0.2) is 75.3 Å². The highest BCUT2D eigenvalue weighted by Gasteiger charge is 2.34. The van der Waals surface area contributed by atoms with E-state index in [1.54, 1.807) is 45.5 Å². The average Bonchev–Trinajstić information content (AvgIpc) is 3.68. The minimum absolute atomic E-state index is 0.123. The van der Waals surface area contributed by atoms with Crippen LogP contribution in [0.1, 0.15) is 38.3 Å². The van der Waals surface area contributed by atoms with Crippen molar-refractivity contribution in [2.75, 3.05) is 54.6 Å². The number of benzene rings is 4. The molecule has 2 aromatic heterocycles. The molecule has 6 aromatic rings. The molecule has 2 heterocycles. The molecule has 0 unspecified atom stereocenters. The molecule has 8 rings (SSSR count). The molecule has 12 nitrogen and oxygen atoms in total. The van der Waals surface area contributed by atoms with Crippen molar-refractivity contribution in [3.63, 3.8) is 0 Å². The van der Waals surface area contributed by atoms with E-state index >= 15 is 0 Å². The number of ketones is 2. The molecule has 0 saturated heterocycles. The molecule has 0 aliphatic heterocycles. The fraction of sp³-hybridized carbons (Fsp3) is 0.256. The normalized spacial score (nSPS) is 12.5. The predicted molar refractivity (Wildman–Crippen MR) is 211 cm³/mol. The second-order valence-electron chi connectivity index (χ2n) is 13.5. The van der Waals surface area contributed by atoms with E-state index in [0.717, 1.165) is 17.5 Å².